The first-order chi connectivity index (χ1) is 8.19. The highest BCUT2D eigenvalue weighted by Crippen LogP contribution is 2.13. The number of hydrogen-bond donors (Lipinski definition) is 0. The van der Waals surface area contributed by atoms with Crippen molar-refractivity contribution in [1.82, 2.24) is 5.06 Å². The Bertz CT molecular complexity index is 261. The zero-order chi connectivity index (χ0) is 12.7. The summed E-state index contributed by atoms with van der Waals surface area (Å²) in [5.74, 6) is -1.78. The summed E-state index contributed by atoms with van der Waals surface area (Å²) in [6.45, 7) is 5.29. The van der Waals surface area contributed by atoms with E-state index in [4.69, 9.17) is 9.57 Å². The molecule has 5 heteroatoms. The average molecular weight is 243 g/mol. The van der Waals surface area contributed by atoms with E-state index in [9.17, 15) is 9.59 Å². The van der Waals surface area contributed by atoms with Crippen molar-refractivity contribution in [2.75, 3.05) is 19.7 Å². The summed E-state index contributed by atoms with van der Waals surface area (Å²) in [6, 6.07) is 0. The van der Waals surface area contributed by atoms with Gasteiger partial charge in [-0.2, -0.15) is 0 Å². The smallest absolute Gasteiger partial charge is 0.339 e. The van der Waals surface area contributed by atoms with Gasteiger partial charge >= 0.3 is 11.9 Å². The lowest BCUT2D eigenvalue weighted by molar-refractivity contribution is -0.202. The third-order valence-electron chi connectivity index (χ3n) is 2.80. The normalized spacial score (nSPS) is 18.5. The van der Waals surface area contributed by atoms with Gasteiger partial charge in [-0.1, -0.05) is 13.3 Å². The van der Waals surface area contributed by atoms with Gasteiger partial charge in [0.15, 0.2) is 5.92 Å². The van der Waals surface area contributed by atoms with Crippen LogP contribution < -0.4 is 0 Å². The highest BCUT2D eigenvalue weighted by Gasteiger charge is 2.29. The van der Waals surface area contributed by atoms with Crippen molar-refractivity contribution in [2.45, 2.75) is 39.5 Å². The first kappa shape index (κ1) is 14.0. The minimum absolute atomic E-state index is 0.284. The van der Waals surface area contributed by atoms with Gasteiger partial charge in [-0.3, -0.25) is 4.79 Å². The molecule has 0 N–H and O–H groups in total. The largest absolute Gasteiger partial charge is 0.465 e. The maximum Gasteiger partial charge on any atom is 0.339 e. The minimum atomic E-state index is -0.795. The molecule has 0 bridgehead atoms. The molecule has 1 fully saturated rings. The lowest BCUT2D eigenvalue weighted by Crippen LogP contribution is -2.37. The molecule has 1 rings (SSSR count). The molecule has 1 atom stereocenters. The number of ether oxygens (including phenoxy) is 1. The summed E-state index contributed by atoms with van der Waals surface area (Å²) in [5.41, 5.74) is 0. The molecule has 17 heavy (non-hydrogen) atoms. The number of hydroxylamine groups is 2. The Labute approximate surface area is 102 Å². The molecule has 0 saturated carbocycles. The van der Waals surface area contributed by atoms with Gasteiger partial charge in [0, 0.05) is 13.1 Å². The van der Waals surface area contributed by atoms with Crippen molar-refractivity contribution in [3.8, 4) is 0 Å². The van der Waals surface area contributed by atoms with Gasteiger partial charge in [0.05, 0.1) is 6.61 Å². The lowest BCUT2D eigenvalue weighted by Gasteiger charge is -2.26. The van der Waals surface area contributed by atoms with Crippen molar-refractivity contribution in [1.29, 1.82) is 0 Å². The molecule has 1 saturated heterocycles. The molecule has 1 aliphatic heterocycles. The zero-order valence-corrected chi connectivity index (χ0v) is 10.6. The number of esters is 1. The molecule has 98 valence electrons. The fraction of sp³-hybridized carbons (Fsp3) is 0.833. The monoisotopic (exact) mass is 243 g/mol. The molecule has 5 nitrogen and oxygen atoms in total. The van der Waals surface area contributed by atoms with Crippen LogP contribution in [0.1, 0.15) is 39.5 Å². The van der Waals surface area contributed by atoms with Crippen LogP contribution in [0.2, 0.25) is 0 Å². The van der Waals surface area contributed by atoms with E-state index >= 15 is 0 Å². The second-order valence-corrected chi connectivity index (χ2v) is 4.11. The van der Waals surface area contributed by atoms with E-state index in [0.29, 0.717) is 6.42 Å². The fourth-order valence-electron chi connectivity index (χ4n) is 1.82. The Kier molecular flexibility index (Phi) is 5.97. The van der Waals surface area contributed by atoms with E-state index in [1.54, 1.807) is 18.9 Å². The Hall–Kier alpha value is -1.10. The van der Waals surface area contributed by atoms with E-state index < -0.39 is 17.9 Å². The van der Waals surface area contributed by atoms with Crippen LogP contribution in [-0.4, -0.2) is 36.7 Å². The van der Waals surface area contributed by atoms with Crippen LogP contribution in [0.4, 0.5) is 0 Å². The maximum absolute atomic E-state index is 11.8. The van der Waals surface area contributed by atoms with Gasteiger partial charge in [0.2, 0.25) is 0 Å². The maximum atomic E-state index is 11.8. The van der Waals surface area contributed by atoms with Crippen LogP contribution in [0.15, 0.2) is 0 Å². The standard InChI is InChI=1S/C12H21NO4/c1-3-10(11(14)16-4-2)12(15)17-13-8-6-5-7-9-13/h10H,3-9H2,1-2H3. The van der Waals surface area contributed by atoms with Crippen molar-refractivity contribution in [2.24, 2.45) is 5.92 Å². The highest BCUT2D eigenvalue weighted by molar-refractivity contribution is 5.94. The first-order valence-electron chi connectivity index (χ1n) is 6.32. The van der Waals surface area contributed by atoms with Crippen LogP contribution in [0.5, 0.6) is 0 Å². The van der Waals surface area contributed by atoms with Crippen molar-refractivity contribution < 1.29 is 19.2 Å². The molecule has 0 spiro atoms. The van der Waals surface area contributed by atoms with Gasteiger partial charge in [0.25, 0.3) is 0 Å². The second-order valence-electron chi connectivity index (χ2n) is 4.11. The lowest BCUT2D eigenvalue weighted by atomic mass is 10.1. The molecule has 0 amide bonds. The Balaban J connectivity index is 2.44. The molecule has 1 unspecified atom stereocenters. The molecule has 0 aliphatic carbocycles. The Morgan fingerprint density at radius 3 is 2.29 bits per heavy atom. The zero-order valence-electron chi connectivity index (χ0n) is 10.6. The summed E-state index contributed by atoms with van der Waals surface area (Å²) in [4.78, 5) is 28.5. The third-order valence-corrected chi connectivity index (χ3v) is 2.80. The number of nitrogens with zero attached hydrogens (tertiary/aromatic N) is 1. The topological polar surface area (TPSA) is 55.8 Å². The van der Waals surface area contributed by atoms with Crippen molar-refractivity contribution >= 4 is 11.9 Å². The minimum Gasteiger partial charge on any atom is -0.465 e. The summed E-state index contributed by atoms with van der Waals surface area (Å²) in [5, 5.41) is 1.65. The van der Waals surface area contributed by atoms with Gasteiger partial charge in [-0.05, 0) is 26.2 Å². The van der Waals surface area contributed by atoms with Crippen LogP contribution in [0, 0.1) is 5.92 Å². The molecule has 0 radical (unpaired) electrons. The van der Waals surface area contributed by atoms with E-state index in [1.165, 1.54) is 6.42 Å². The predicted molar refractivity (Wildman–Crippen MR) is 61.9 cm³/mol. The van der Waals surface area contributed by atoms with Crippen LogP contribution in [0.3, 0.4) is 0 Å². The molecule has 0 aromatic heterocycles. The van der Waals surface area contributed by atoms with Gasteiger partial charge in [-0.25, -0.2) is 4.79 Å². The molecule has 0 aromatic rings. The molecule has 1 heterocycles. The van der Waals surface area contributed by atoms with E-state index in [-0.39, 0.29) is 6.61 Å². The summed E-state index contributed by atoms with van der Waals surface area (Å²) in [7, 11) is 0. The Morgan fingerprint density at radius 1 is 1.12 bits per heavy atom. The van der Waals surface area contributed by atoms with Crippen LogP contribution in [-0.2, 0) is 19.2 Å². The van der Waals surface area contributed by atoms with Crippen LogP contribution >= 0.6 is 0 Å². The predicted octanol–water partition coefficient (Wildman–Crippen LogP) is 1.52. The average Bonchev–Trinajstić information content (AvgIpc) is 2.31. The van der Waals surface area contributed by atoms with Gasteiger partial charge < -0.3 is 9.57 Å². The number of carbonyl (C=O) groups is 2. The van der Waals surface area contributed by atoms with E-state index in [2.05, 4.69) is 0 Å². The second kappa shape index (κ2) is 7.27. The van der Waals surface area contributed by atoms with E-state index in [0.717, 1.165) is 25.9 Å². The highest BCUT2D eigenvalue weighted by atomic mass is 16.7. The molecule has 0 aromatic carbocycles. The number of carbonyl (C=O) groups excluding carboxylic acids is 2. The molecular formula is C12H21NO4. The SMILES string of the molecule is CCOC(=O)C(CC)C(=O)ON1CCCCC1. The number of piperidine rings is 1. The van der Waals surface area contributed by atoms with Crippen molar-refractivity contribution in [3.63, 3.8) is 0 Å². The van der Waals surface area contributed by atoms with E-state index in [1.807, 2.05) is 0 Å². The molecule has 1 aliphatic rings. The van der Waals surface area contributed by atoms with Crippen LogP contribution in [0.25, 0.3) is 0 Å². The van der Waals surface area contributed by atoms with Gasteiger partial charge in [-0.15, -0.1) is 5.06 Å². The quantitative estimate of drug-likeness (QED) is 0.541. The Morgan fingerprint density at radius 2 is 1.76 bits per heavy atom. The summed E-state index contributed by atoms with van der Waals surface area (Å²) in [6.07, 6.45) is 3.64. The number of rotatable bonds is 5. The summed E-state index contributed by atoms with van der Waals surface area (Å²) < 4.78 is 4.85. The number of hydrogen-bond acceptors (Lipinski definition) is 5. The van der Waals surface area contributed by atoms with Crippen molar-refractivity contribution in [3.05, 3.63) is 0 Å². The summed E-state index contributed by atoms with van der Waals surface area (Å²) >= 11 is 0. The first-order valence-corrected chi connectivity index (χ1v) is 6.32. The third kappa shape index (κ3) is 4.34. The molecular weight excluding hydrogens is 222 g/mol. The fourth-order valence-corrected chi connectivity index (χ4v) is 1.82. The van der Waals surface area contributed by atoms with Gasteiger partial charge in [0.1, 0.15) is 0 Å².